The van der Waals surface area contributed by atoms with E-state index in [-0.39, 0.29) is 18.4 Å². The topological polar surface area (TPSA) is 53.6 Å². The molecule has 1 saturated heterocycles. The van der Waals surface area contributed by atoms with Gasteiger partial charge in [0.15, 0.2) is 0 Å². The zero-order valence-electron chi connectivity index (χ0n) is 17.0. The Kier molecular flexibility index (Phi) is 10.7. The molecule has 5 nitrogen and oxygen atoms in total. The van der Waals surface area contributed by atoms with Gasteiger partial charge < -0.3 is 20.3 Å². The Labute approximate surface area is 176 Å². The molecule has 6 heteroatoms. The third-order valence-electron chi connectivity index (χ3n) is 5.62. The summed E-state index contributed by atoms with van der Waals surface area (Å²) in [7, 11) is 0. The second-order valence-electron chi connectivity index (χ2n) is 7.81. The number of carbonyl (C=O) groups excluding carboxylic acids is 1. The number of ether oxygens (including phenoxy) is 1. The van der Waals surface area contributed by atoms with E-state index in [9.17, 15) is 4.79 Å². The molecular formula is C22H36ClN3O2. The van der Waals surface area contributed by atoms with Crippen LogP contribution in [-0.2, 0) is 11.2 Å². The average molecular weight is 410 g/mol. The molecule has 158 valence electrons. The molecule has 28 heavy (non-hydrogen) atoms. The first-order chi connectivity index (χ1) is 13.3. The summed E-state index contributed by atoms with van der Waals surface area (Å²) in [6, 6.07) is 8.31. The van der Waals surface area contributed by atoms with E-state index in [0.29, 0.717) is 6.10 Å². The Morgan fingerprint density at radius 2 is 1.71 bits per heavy atom. The number of rotatable bonds is 9. The lowest BCUT2D eigenvalue weighted by Gasteiger charge is -2.27. The number of piperazine rings is 1. The van der Waals surface area contributed by atoms with Gasteiger partial charge in [0.2, 0.25) is 0 Å². The van der Waals surface area contributed by atoms with Gasteiger partial charge in [-0.25, -0.2) is 4.79 Å². The van der Waals surface area contributed by atoms with Gasteiger partial charge in [0.25, 0.3) is 0 Å². The molecule has 2 amide bonds. The molecule has 1 saturated carbocycles. The first-order valence-electron chi connectivity index (χ1n) is 10.8. The largest absolute Gasteiger partial charge is 0.378 e. The first-order valence-corrected chi connectivity index (χ1v) is 10.8. The SMILES string of the molecule is Cl.O=C(Nc1ccc(CCCCCCOC2CCCC2)cc1)N1CCNCC1. The maximum Gasteiger partial charge on any atom is 0.321 e. The van der Waals surface area contributed by atoms with Crippen molar-refractivity contribution in [3.05, 3.63) is 29.8 Å². The number of aryl methyl sites for hydroxylation is 1. The van der Waals surface area contributed by atoms with E-state index in [1.807, 2.05) is 17.0 Å². The maximum absolute atomic E-state index is 12.2. The van der Waals surface area contributed by atoms with Crippen LogP contribution in [0.25, 0.3) is 0 Å². The van der Waals surface area contributed by atoms with E-state index < -0.39 is 0 Å². The summed E-state index contributed by atoms with van der Waals surface area (Å²) >= 11 is 0. The van der Waals surface area contributed by atoms with Crippen molar-refractivity contribution in [3.8, 4) is 0 Å². The van der Waals surface area contributed by atoms with E-state index in [1.165, 1.54) is 56.9 Å². The van der Waals surface area contributed by atoms with Gasteiger partial charge in [-0.15, -0.1) is 12.4 Å². The van der Waals surface area contributed by atoms with Crippen molar-refractivity contribution < 1.29 is 9.53 Å². The maximum atomic E-state index is 12.2. The molecule has 1 aromatic carbocycles. The minimum absolute atomic E-state index is 0. The molecule has 0 radical (unpaired) electrons. The fourth-order valence-electron chi connectivity index (χ4n) is 3.91. The molecule has 0 unspecified atom stereocenters. The fraction of sp³-hybridized carbons (Fsp3) is 0.682. The molecule has 0 aromatic heterocycles. The molecule has 0 bridgehead atoms. The molecular weight excluding hydrogens is 374 g/mol. The van der Waals surface area contributed by atoms with Crippen molar-refractivity contribution in [1.29, 1.82) is 0 Å². The van der Waals surface area contributed by atoms with E-state index >= 15 is 0 Å². The number of nitrogens with zero attached hydrogens (tertiary/aromatic N) is 1. The van der Waals surface area contributed by atoms with Crippen LogP contribution >= 0.6 is 12.4 Å². The Balaban J connectivity index is 0.00000280. The van der Waals surface area contributed by atoms with Gasteiger partial charge in [0, 0.05) is 38.5 Å². The van der Waals surface area contributed by atoms with Crippen molar-refractivity contribution >= 4 is 24.1 Å². The Morgan fingerprint density at radius 3 is 2.43 bits per heavy atom. The van der Waals surface area contributed by atoms with Gasteiger partial charge in [-0.1, -0.05) is 37.8 Å². The van der Waals surface area contributed by atoms with Gasteiger partial charge in [0.05, 0.1) is 6.10 Å². The van der Waals surface area contributed by atoms with E-state index in [0.717, 1.165) is 44.9 Å². The summed E-state index contributed by atoms with van der Waals surface area (Å²) in [6.07, 6.45) is 11.8. The van der Waals surface area contributed by atoms with Crippen LogP contribution in [0.2, 0.25) is 0 Å². The van der Waals surface area contributed by atoms with Crippen LogP contribution in [0.3, 0.4) is 0 Å². The van der Waals surface area contributed by atoms with Crippen molar-refractivity contribution in [3.63, 3.8) is 0 Å². The monoisotopic (exact) mass is 409 g/mol. The van der Waals surface area contributed by atoms with Crippen molar-refractivity contribution in [1.82, 2.24) is 10.2 Å². The minimum Gasteiger partial charge on any atom is -0.378 e. The van der Waals surface area contributed by atoms with Gasteiger partial charge in [-0.3, -0.25) is 0 Å². The number of halogens is 1. The van der Waals surface area contributed by atoms with E-state index in [2.05, 4.69) is 22.8 Å². The van der Waals surface area contributed by atoms with Gasteiger partial charge in [-0.2, -0.15) is 0 Å². The minimum atomic E-state index is 0. The lowest BCUT2D eigenvalue weighted by molar-refractivity contribution is 0.0556. The van der Waals surface area contributed by atoms with Crippen LogP contribution in [0.4, 0.5) is 10.5 Å². The zero-order valence-corrected chi connectivity index (χ0v) is 17.8. The molecule has 1 heterocycles. The van der Waals surface area contributed by atoms with E-state index in [4.69, 9.17) is 4.74 Å². The molecule has 1 aliphatic heterocycles. The Morgan fingerprint density at radius 1 is 1.04 bits per heavy atom. The second kappa shape index (κ2) is 13.0. The Bertz CT molecular complexity index is 555. The zero-order chi connectivity index (χ0) is 18.7. The van der Waals surface area contributed by atoms with Crippen LogP contribution < -0.4 is 10.6 Å². The third kappa shape index (κ3) is 7.98. The Hall–Kier alpha value is -1.30. The van der Waals surface area contributed by atoms with Crippen LogP contribution in [-0.4, -0.2) is 49.8 Å². The summed E-state index contributed by atoms with van der Waals surface area (Å²) in [5, 5.41) is 6.26. The average Bonchev–Trinajstić information content (AvgIpc) is 3.23. The quantitative estimate of drug-likeness (QED) is 0.585. The first kappa shape index (κ1) is 23.0. The van der Waals surface area contributed by atoms with Crippen LogP contribution in [0.5, 0.6) is 0 Å². The highest BCUT2D eigenvalue weighted by Gasteiger charge is 2.16. The van der Waals surface area contributed by atoms with Crippen molar-refractivity contribution in [2.24, 2.45) is 0 Å². The number of unbranched alkanes of at least 4 members (excludes halogenated alkanes) is 3. The molecule has 1 aromatic rings. The highest BCUT2D eigenvalue weighted by molar-refractivity contribution is 5.89. The van der Waals surface area contributed by atoms with Crippen molar-refractivity contribution in [2.45, 2.75) is 63.9 Å². The number of urea groups is 1. The summed E-state index contributed by atoms with van der Waals surface area (Å²) in [4.78, 5) is 14.1. The third-order valence-corrected chi connectivity index (χ3v) is 5.62. The number of benzene rings is 1. The van der Waals surface area contributed by atoms with Gasteiger partial charge in [0.1, 0.15) is 0 Å². The molecule has 3 rings (SSSR count). The number of anilines is 1. The van der Waals surface area contributed by atoms with Crippen LogP contribution in [0, 0.1) is 0 Å². The molecule has 2 N–H and O–H groups in total. The molecule has 0 atom stereocenters. The number of carbonyl (C=O) groups is 1. The van der Waals surface area contributed by atoms with Gasteiger partial charge in [-0.05, 0) is 49.8 Å². The standard InChI is InChI=1S/C22H35N3O2.ClH/c26-22(25-16-14-23-15-17-25)24-20-12-10-19(11-13-20)7-3-1-2-6-18-27-21-8-4-5-9-21;/h10-13,21,23H,1-9,14-18H2,(H,24,26);1H. The lowest BCUT2D eigenvalue weighted by Crippen LogP contribution is -2.48. The molecule has 0 spiro atoms. The van der Waals surface area contributed by atoms with Crippen molar-refractivity contribution in [2.75, 3.05) is 38.1 Å². The summed E-state index contributed by atoms with van der Waals surface area (Å²) < 4.78 is 5.91. The smallest absolute Gasteiger partial charge is 0.321 e. The molecule has 1 aliphatic carbocycles. The highest BCUT2D eigenvalue weighted by atomic mass is 35.5. The van der Waals surface area contributed by atoms with Crippen LogP contribution in [0.1, 0.15) is 56.9 Å². The number of amides is 2. The lowest BCUT2D eigenvalue weighted by atomic mass is 10.1. The summed E-state index contributed by atoms with van der Waals surface area (Å²) in [6.45, 7) is 4.23. The fourth-order valence-corrected chi connectivity index (χ4v) is 3.91. The van der Waals surface area contributed by atoms with E-state index in [1.54, 1.807) is 0 Å². The van der Waals surface area contributed by atoms with Gasteiger partial charge >= 0.3 is 6.03 Å². The number of hydrogen-bond donors (Lipinski definition) is 2. The molecule has 2 aliphatic rings. The second-order valence-corrected chi connectivity index (χ2v) is 7.81. The summed E-state index contributed by atoms with van der Waals surface area (Å²) in [5.41, 5.74) is 2.23. The molecule has 2 fully saturated rings. The predicted octanol–water partition coefficient (Wildman–Crippen LogP) is 4.61. The number of hydrogen-bond acceptors (Lipinski definition) is 3. The highest BCUT2D eigenvalue weighted by Crippen LogP contribution is 2.21. The number of nitrogens with one attached hydrogen (secondary N) is 2. The van der Waals surface area contributed by atoms with Crippen LogP contribution in [0.15, 0.2) is 24.3 Å². The summed E-state index contributed by atoms with van der Waals surface area (Å²) in [5.74, 6) is 0. The predicted molar refractivity (Wildman–Crippen MR) is 118 cm³/mol. The normalized spacial score (nSPS) is 17.4.